The minimum atomic E-state index is -0.324. The molecule has 0 saturated heterocycles. The topological polar surface area (TPSA) is 81.8 Å². The Morgan fingerprint density at radius 2 is 1.93 bits per heavy atom. The molecule has 1 aliphatic rings. The van der Waals surface area contributed by atoms with E-state index in [0.29, 0.717) is 23.4 Å². The van der Waals surface area contributed by atoms with E-state index >= 15 is 0 Å². The summed E-state index contributed by atoms with van der Waals surface area (Å²) in [6.45, 7) is 2.01. The quantitative estimate of drug-likeness (QED) is 0.771. The summed E-state index contributed by atoms with van der Waals surface area (Å²) in [7, 11) is 0. The van der Waals surface area contributed by atoms with Crippen molar-refractivity contribution in [2.75, 3.05) is 5.43 Å². The van der Waals surface area contributed by atoms with Gasteiger partial charge < -0.3 is 0 Å². The summed E-state index contributed by atoms with van der Waals surface area (Å²) in [6.07, 6.45) is 9.10. The molecule has 0 spiro atoms. The van der Waals surface area contributed by atoms with Gasteiger partial charge in [0.1, 0.15) is 11.7 Å². The fraction of sp³-hybridized carbons (Fsp3) is 0.400. The highest BCUT2D eigenvalue weighted by Crippen LogP contribution is 2.26. The Hall–Kier alpha value is -2.96. The fourth-order valence-corrected chi connectivity index (χ4v) is 3.70. The van der Waals surface area contributed by atoms with E-state index in [-0.39, 0.29) is 11.5 Å². The Labute approximate surface area is 157 Å². The number of carbonyl (C=O) groups is 1. The van der Waals surface area contributed by atoms with Crippen LogP contribution in [0.25, 0.3) is 16.7 Å². The van der Waals surface area contributed by atoms with Crippen LogP contribution in [0.3, 0.4) is 0 Å². The van der Waals surface area contributed by atoms with Gasteiger partial charge in [-0.25, -0.2) is 14.3 Å². The monoisotopic (exact) mass is 365 g/mol. The van der Waals surface area contributed by atoms with Gasteiger partial charge in [-0.2, -0.15) is 5.10 Å². The molecular weight excluding hydrogens is 342 g/mol. The SMILES string of the molecule is Cc1ccc(-n2ncc3c(=O)n(NC(=O)CC4CCCCC4)cnc32)cc1. The van der Waals surface area contributed by atoms with Crippen LogP contribution in [0.5, 0.6) is 0 Å². The van der Waals surface area contributed by atoms with Gasteiger partial charge in [-0.15, -0.1) is 0 Å². The molecule has 1 aromatic carbocycles. The molecular formula is C20H23N5O2. The maximum absolute atomic E-state index is 12.7. The zero-order valence-electron chi connectivity index (χ0n) is 15.4. The van der Waals surface area contributed by atoms with Crippen molar-refractivity contribution in [1.82, 2.24) is 19.4 Å². The Kier molecular flexibility index (Phi) is 4.75. The number of fused-ring (bicyclic) bond motifs is 1. The van der Waals surface area contributed by atoms with Crippen LogP contribution in [-0.2, 0) is 4.79 Å². The van der Waals surface area contributed by atoms with Crippen LogP contribution in [0.4, 0.5) is 0 Å². The van der Waals surface area contributed by atoms with Crippen LogP contribution in [0.15, 0.2) is 41.6 Å². The van der Waals surface area contributed by atoms with E-state index in [1.54, 1.807) is 4.68 Å². The maximum Gasteiger partial charge on any atom is 0.283 e. The molecule has 1 amide bonds. The molecule has 3 aromatic rings. The number of rotatable bonds is 4. The van der Waals surface area contributed by atoms with Crippen LogP contribution in [0, 0.1) is 12.8 Å². The summed E-state index contributed by atoms with van der Waals surface area (Å²) in [5.74, 6) is 0.270. The van der Waals surface area contributed by atoms with E-state index in [0.717, 1.165) is 28.8 Å². The van der Waals surface area contributed by atoms with Gasteiger partial charge >= 0.3 is 0 Å². The lowest BCUT2D eigenvalue weighted by Gasteiger charge is -2.20. The summed E-state index contributed by atoms with van der Waals surface area (Å²) in [6, 6.07) is 7.83. The third-order valence-corrected chi connectivity index (χ3v) is 5.21. The zero-order valence-corrected chi connectivity index (χ0v) is 15.4. The van der Waals surface area contributed by atoms with Crippen molar-refractivity contribution in [2.24, 2.45) is 5.92 Å². The van der Waals surface area contributed by atoms with Crippen molar-refractivity contribution < 1.29 is 4.79 Å². The van der Waals surface area contributed by atoms with E-state index < -0.39 is 0 Å². The van der Waals surface area contributed by atoms with Crippen LogP contribution < -0.4 is 11.0 Å². The lowest BCUT2D eigenvalue weighted by atomic mass is 9.87. The molecule has 0 radical (unpaired) electrons. The van der Waals surface area contributed by atoms with Crippen molar-refractivity contribution in [1.29, 1.82) is 0 Å². The number of benzene rings is 1. The smallest absolute Gasteiger partial charge is 0.273 e. The van der Waals surface area contributed by atoms with Gasteiger partial charge in [-0.1, -0.05) is 37.0 Å². The van der Waals surface area contributed by atoms with E-state index in [1.165, 1.54) is 31.8 Å². The van der Waals surface area contributed by atoms with Crippen molar-refractivity contribution in [2.45, 2.75) is 45.4 Å². The van der Waals surface area contributed by atoms with E-state index in [2.05, 4.69) is 15.5 Å². The van der Waals surface area contributed by atoms with E-state index in [1.807, 2.05) is 31.2 Å². The number of nitrogens with zero attached hydrogens (tertiary/aromatic N) is 4. The molecule has 2 heterocycles. The first-order valence-corrected chi connectivity index (χ1v) is 9.44. The van der Waals surface area contributed by atoms with Crippen LogP contribution in [0.2, 0.25) is 0 Å². The van der Waals surface area contributed by atoms with E-state index in [9.17, 15) is 9.59 Å². The van der Waals surface area contributed by atoms with Crippen LogP contribution >= 0.6 is 0 Å². The number of aryl methyl sites for hydroxylation is 1. The van der Waals surface area contributed by atoms with Crippen molar-refractivity contribution in [3.05, 3.63) is 52.7 Å². The molecule has 0 unspecified atom stereocenters. The minimum absolute atomic E-state index is 0.143. The molecule has 0 atom stereocenters. The molecule has 1 fully saturated rings. The lowest BCUT2D eigenvalue weighted by Crippen LogP contribution is -2.34. The molecule has 0 bridgehead atoms. The van der Waals surface area contributed by atoms with Crippen molar-refractivity contribution >= 4 is 16.9 Å². The summed E-state index contributed by atoms with van der Waals surface area (Å²) >= 11 is 0. The largest absolute Gasteiger partial charge is 0.283 e. The molecule has 2 aromatic heterocycles. The highest BCUT2D eigenvalue weighted by atomic mass is 16.2. The molecule has 140 valence electrons. The normalized spacial score (nSPS) is 15.1. The maximum atomic E-state index is 12.7. The van der Waals surface area contributed by atoms with Gasteiger partial charge in [0.25, 0.3) is 5.56 Å². The Morgan fingerprint density at radius 3 is 2.67 bits per heavy atom. The van der Waals surface area contributed by atoms with Gasteiger partial charge in [0, 0.05) is 6.42 Å². The summed E-state index contributed by atoms with van der Waals surface area (Å²) < 4.78 is 2.79. The average Bonchev–Trinajstić information content (AvgIpc) is 3.10. The highest BCUT2D eigenvalue weighted by molar-refractivity contribution is 5.84. The van der Waals surface area contributed by atoms with Gasteiger partial charge in [-0.05, 0) is 37.8 Å². The molecule has 4 rings (SSSR count). The second-order valence-corrected chi connectivity index (χ2v) is 7.29. The fourth-order valence-electron chi connectivity index (χ4n) is 3.70. The molecule has 0 aliphatic heterocycles. The Bertz CT molecular complexity index is 1010. The molecule has 7 nitrogen and oxygen atoms in total. The van der Waals surface area contributed by atoms with Gasteiger partial charge in [0.15, 0.2) is 5.65 Å². The lowest BCUT2D eigenvalue weighted by molar-refractivity contribution is -0.118. The number of carbonyl (C=O) groups excluding carboxylic acids is 1. The predicted molar refractivity (Wildman–Crippen MR) is 103 cm³/mol. The molecule has 1 aliphatic carbocycles. The molecule has 1 saturated carbocycles. The summed E-state index contributed by atoms with van der Waals surface area (Å²) in [5, 5.41) is 4.67. The van der Waals surface area contributed by atoms with Crippen molar-refractivity contribution in [3.63, 3.8) is 0 Å². The first-order valence-electron chi connectivity index (χ1n) is 9.44. The van der Waals surface area contributed by atoms with Crippen LogP contribution in [0.1, 0.15) is 44.1 Å². The minimum Gasteiger partial charge on any atom is -0.273 e. The highest BCUT2D eigenvalue weighted by Gasteiger charge is 2.18. The third-order valence-electron chi connectivity index (χ3n) is 5.21. The van der Waals surface area contributed by atoms with Gasteiger partial charge in [0.2, 0.25) is 5.91 Å². The first-order chi connectivity index (χ1) is 13.1. The predicted octanol–water partition coefficient (Wildman–Crippen LogP) is 2.93. The number of hydrogen-bond donors (Lipinski definition) is 1. The summed E-state index contributed by atoms with van der Waals surface area (Å²) in [5.41, 5.74) is 4.80. The second kappa shape index (κ2) is 7.34. The van der Waals surface area contributed by atoms with Crippen LogP contribution in [-0.4, -0.2) is 25.3 Å². The Morgan fingerprint density at radius 1 is 1.19 bits per heavy atom. The first kappa shape index (κ1) is 17.5. The van der Waals surface area contributed by atoms with Crippen molar-refractivity contribution in [3.8, 4) is 5.69 Å². The van der Waals surface area contributed by atoms with Gasteiger partial charge in [-0.3, -0.25) is 15.0 Å². The van der Waals surface area contributed by atoms with Gasteiger partial charge in [0.05, 0.1) is 11.9 Å². The number of aromatic nitrogens is 4. The molecule has 1 N–H and O–H groups in total. The number of amides is 1. The summed E-state index contributed by atoms with van der Waals surface area (Å²) in [4.78, 5) is 29.4. The zero-order chi connectivity index (χ0) is 18.8. The average molecular weight is 365 g/mol. The second-order valence-electron chi connectivity index (χ2n) is 7.29. The standard InChI is InChI=1S/C20H23N5O2/c1-14-7-9-16(10-8-14)25-19-17(12-22-25)20(27)24(13-21-19)23-18(26)11-15-5-3-2-4-6-15/h7-10,12-13,15H,2-6,11H2,1H3,(H,23,26). The Balaban J connectivity index is 1.56. The molecule has 7 heteroatoms. The number of nitrogens with one attached hydrogen (secondary N) is 1. The van der Waals surface area contributed by atoms with E-state index in [4.69, 9.17) is 0 Å². The third kappa shape index (κ3) is 3.63. The molecule has 27 heavy (non-hydrogen) atoms. The number of hydrogen-bond acceptors (Lipinski definition) is 4.